The minimum atomic E-state index is 0.255. The third-order valence-corrected chi connectivity index (χ3v) is 4.49. The highest BCUT2D eigenvalue weighted by Gasteiger charge is 2.27. The predicted molar refractivity (Wildman–Crippen MR) is 81.6 cm³/mol. The van der Waals surface area contributed by atoms with Crippen LogP contribution in [-0.2, 0) is 11.2 Å². The predicted octanol–water partition coefficient (Wildman–Crippen LogP) is 3.36. The third kappa shape index (κ3) is 2.58. The maximum Gasteiger partial charge on any atom is 0.227 e. The molecule has 2 aromatic rings. The molecule has 1 aromatic carbocycles. The number of amides is 1. The minimum absolute atomic E-state index is 0.255. The number of hydrogen-bond donors (Lipinski definition) is 1. The zero-order valence-electron chi connectivity index (χ0n) is 12.3. The summed E-state index contributed by atoms with van der Waals surface area (Å²) in [5.41, 5.74) is 2.60. The van der Waals surface area contributed by atoms with Gasteiger partial charge in [0.1, 0.15) is 0 Å². The van der Waals surface area contributed by atoms with Gasteiger partial charge < -0.3 is 9.88 Å². The zero-order valence-corrected chi connectivity index (χ0v) is 12.3. The summed E-state index contributed by atoms with van der Waals surface area (Å²) in [4.78, 5) is 17.7. The number of hydrogen-bond acceptors (Lipinski definition) is 1. The lowest BCUT2D eigenvalue weighted by Crippen LogP contribution is -2.41. The van der Waals surface area contributed by atoms with Crippen molar-refractivity contribution in [1.82, 2.24) is 9.88 Å². The third-order valence-electron chi connectivity index (χ3n) is 4.49. The largest absolute Gasteiger partial charge is 0.361 e. The maximum absolute atomic E-state index is 12.4. The van der Waals surface area contributed by atoms with E-state index in [-0.39, 0.29) is 5.91 Å². The van der Waals surface area contributed by atoms with Crippen molar-refractivity contribution in [2.24, 2.45) is 5.41 Å². The van der Waals surface area contributed by atoms with Gasteiger partial charge in [0.05, 0.1) is 6.42 Å². The number of likely N-dealkylation sites (tertiary alicyclic amines) is 1. The number of carbonyl (C=O) groups is 1. The Kier molecular flexibility index (Phi) is 3.28. The SMILES string of the molecule is CC1(C)CCN(C(=O)Cc2c[nH]c3ccccc23)CC1. The van der Waals surface area contributed by atoms with Gasteiger partial charge in [0.2, 0.25) is 5.91 Å². The highest BCUT2D eigenvalue weighted by Crippen LogP contribution is 2.30. The monoisotopic (exact) mass is 270 g/mol. The fourth-order valence-electron chi connectivity index (χ4n) is 2.91. The topological polar surface area (TPSA) is 36.1 Å². The average molecular weight is 270 g/mol. The smallest absolute Gasteiger partial charge is 0.227 e. The molecule has 0 bridgehead atoms. The molecule has 1 aliphatic heterocycles. The van der Waals surface area contributed by atoms with Crippen molar-refractivity contribution >= 4 is 16.8 Å². The summed E-state index contributed by atoms with van der Waals surface area (Å²) in [6, 6.07) is 8.16. The number of H-pyrrole nitrogens is 1. The number of carbonyl (C=O) groups excluding carboxylic acids is 1. The molecule has 0 atom stereocenters. The second-order valence-electron chi connectivity index (χ2n) is 6.58. The van der Waals surface area contributed by atoms with Crippen molar-refractivity contribution < 1.29 is 4.79 Å². The van der Waals surface area contributed by atoms with Crippen LogP contribution in [0.25, 0.3) is 10.9 Å². The van der Waals surface area contributed by atoms with Crippen molar-refractivity contribution in [2.45, 2.75) is 33.1 Å². The second-order valence-corrected chi connectivity index (χ2v) is 6.58. The summed E-state index contributed by atoms with van der Waals surface area (Å²) >= 11 is 0. The fraction of sp³-hybridized carbons (Fsp3) is 0.471. The van der Waals surface area contributed by atoms with Crippen molar-refractivity contribution in [3.05, 3.63) is 36.0 Å². The van der Waals surface area contributed by atoms with E-state index in [9.17, 15) is 4.79 Å². The van der Waals surface area contributed by atoms with Crippen molar-refractivity contribution in [2.75, 3.05) is 13.1 Å². The summed E-state index contributed by atoms with van der Waals surface area (Å²) in [7, 11) is 0. The standard InChI is InChI=1S/C17H22N2O/c1-17(2)7-9-19(10-8-17)16(20)11-13-12-18-15-6-4-3-5-14(13)15/h3-6,12,18H,7-11H2,1-2H3. The van der Waals surface area contributed by atoms with Crippen LogP contribution in [0.4, 0.5) is 0 Å². The molecule has 1 aromatic heterocycles. The van der Waals surface area contributed by atoms with E-state index in [1.54, 1.807) is 0 Å². The van der Waals surface area contributed by atoms with E-state index in [0.29, 0.717) is 11.8 Å². The number of benzene rings is 1. The van der Waals surface area contributed by atoms with Crippen molar-refractivity contribution in [3.63, 3.8) is 0 Å². The number of aromatic amines is 1. The molecule has 3 nitrogen and oxygen atoms in total. The number of nitrogens with zero attached hydrogens (tertiary/aromatic N) is 1. The fourth-order valence-corrected chi connectivity index (χ4v) is 2.91. The van der Waals surface area contributed by atoms with Gasteiger partial charge in [-0.3, -0.25) is 4.79 Å². The Labute approximate surface area is 120 Å². The first-order chi connectivity index (χ1) is 9.55. The van der Waals surface area contributed by atoms with Gasteiger partial charge in [-0.1, -0.05) is 32.0 Å². The Morgan fingerprint density at radius 2 is 1.95 bits per heavy atom. The molecule has 106 valence electrons. The van der Waals surface area contributed by atoms with Crippen LogP contribution in [0.3, 0.4) is 0 Å². The number of fused-ring (bicyclic) bond motifs is 1. The van der Waals surface area contributed by atoms with Crippen molar-refractivity contribution in [3.8, 4) is 0 Å². The summed E-state index contributed by atoms with van der Waals surface area (Å²) in [6.07, 6.45) is 4.68. The molecule has 1 amide bonds. The number of piperidine rings is 1. The summed E-state index contributed by atoms with van der Waals surface area (Å²) in [5.74, 6) is 0.255. The van der Waals surface area contributed by atoms with Gasteiger partial charge in [0, 0.05) is 30.2 Å². The first kappa shape index (κ1) is 13.2. The highest BCUT2D eigenvalue weighted by molar-refractivity contribution is 5.88. The maximum atomic E-state index is 12.4. The molecule has 0 spiro atoms. The molecule has 1 saturated heterocycles. The number of nitrogens with one attached hydrogen (secondary N) is 1. The molecule has 1 aliphatic rings. The quantitative estimate of drug-likeness (QED) is 0.892. The van der Waals surface area contributed by atoms with Crippen LogP contribution < -0.4 is 0 Å². The molecule has 1 N–H and O–H groups in total. The molecule has 0 unspecified atom stereocenters. The molecule has 0 saturated carbocycles. The van der Waals surface area contributed by atoms with Gasteiger partial charge in [0.15, 0.2) is 0 Å². The Balaban J connectivity index is 1.70. The van der Waals surface area contributed by atoms with E-state index in [4.69, 9.17) is 0 Å². The first-order valence-electron chi connectivity index (χ1n) is 7.38. The summed E-state index contributed by atoms with van der Waals surface area (Å²) in [5, 5.41) is 1.16. The van der Waals surface area contributed by atoms with E-state index in [1.165, 1.54) is 0 Å². The molecular formula is C17H22N2O. The Morgan fingerprint density at radius 3 is 2.70 bits per heavy atom. The molecular weight excluding hydrogens is 248 g/mol. The van der Waals surface area contributed by atoms with Crippen LogP contribution >= 0.6 is 0 Å². The Bertz CT molecular complexity index is 617. The summed E-state index contributed by atoms with van der Waals surface area (Å²) < 4.78 is 0. The van der Waals surface area contributed by atoms with E-state index in [1.807, 2.05) is 29.3 Å². The van der Waals surface area contributed by atoms with Crippen LogP contribution in [0.2, 0.25) is 0 Å². The first-order valence-corrected chi connectivity index (χ1v) is 7.38. The van der Waals surface area contributed by atoms with Crippen LogP contribution in [0.5, 0.6) is 0 Å². The molecule has 1 fully saturated rings. The number of aromatic nitrogens is 1. The van der Waals surface area contributed by atoms with Gasteiger partial charge in [-0.25, -0.2) is 0 Å². The van der Waals surface area contributed by atoms with Gasteiger partial charge in [-0.05, 0) is 29.9 Å². The highest BCUT2D eigenvalue weighted by atomic mass is 16.2. The van der Waals surface area contributed by atoms with Gasteiger partial charge in [-0.15, -0.1) is 0 Å². The van der Waals surface area contributed by atoms with E-state index in [2.05, 4.69) is 24.9 Å². The Morgan fingerprint density at radius 1 is 1.25 bits per heavy atom. The molecule has 0 radical (unpaired) electrons. The lowest BCUT2D eigenvalue weighted by molar-refractivity contribution is -0.132. The van der Waals surface area contributed by atoms with Crippen LogP contribution in [-0.4, -0.2) is 28.9 Å². The average Bonchev–Trinajstić information content (AvgIpc) is 2.82. The summed E-state index contributed by atoms with van der Waals surface area (Å²) in [6.45, 7) is 6.37. The lowest BCUT2D eigenvalue weighted by atomic mass is 9.82. The molecule has 3 rings (SSSR count). The van der Waals surface area contributed by atoms with E-state index < -0.39 is 0 Å². The molecule has 0 aliphatic carbocycles. The van der Waals surface area contributed by atoms with Crippen LogP contribution in [0, 0.1) is 5.41 Å². The number of rotatable bonds is 2. The second kappa shape index (κ2) is 4.97. The minimum Gasteiger partial charge on any atom is -0.361 e. The molecule has 20 heavy (non-hydrogen) atoms. The molecule has 3 heteroatoms. The van der Waals surface area contributed by atoms with Gasteiger partial charge in [0.25, 0.3) is 0 Å². The number of para-hydroxylation sites is 1. The molecule has 2 heterocycles. The van der Waals surface area contributed by atoms with E-state index in [0.717, 1.165) is 42.4 Å². The van der Waals surface area contributed by atoms with Gasteiger partial charge in [-0.2, -0.15) is 0 Å². The van der Waals surface area contributed by atoms with Crippen LogP contribution in [0.15, 0.2) is 30.5 Å². The Hall–Kier alpha value is -1.77. The lowest BCUT2D eigenvalue weighted by Gasteiger charge is -2.37. The van der Waals surface area contributed by atoms with Crippen LogP contribution in [0.1, 0.15) is 32.3 Å². The zero-order chi connectivity index (χ0) is 14.2. The normalized spacial score (nSPS) is 18.4. The van der Waals surface area contributed by atoms with E-state index >= 15 is 0 Å². The van der Waals surface area contributed by atoms with Crippen molar-refractivity contribution in [1.29, 1.82) is 0 Å². The van der Waals surface area contributed by atoms with Gasteiger partial charge >= 0.3 is 0 Å².